The Hall–Kier alpha value is -1.42. The minimum Gasteiger partial charge on any atom is -0.494 e. The van der Waals surface area contributed by atoms with Crippen molar-refractivity contribution in [3.8, 4) is 5.75 Å². The lowest BCUT2D eigenvalue weighted by atomic mass is 10.2. The van der Waals surface area contributed by atoms with Crippen LogP contribution in [-0.2, 0) is 0 Å². The van der Waals surface area contributed by atoms with Gasteiger partial charge in [-0.15, -0.1) is 11.6 Å². The van der Waals surface area contributed by atoms with E-state index in [2.05, 4.69) is 17.6 Å². The first kappa shape index (κ1) is 17.6. The second-order valence-electron chi connectivity index (χ2n) is 5.09. The summed E-state index contributed by atoms with van der Waals surface area (Å²) in [5.41, 5.74) is 0.729. The van der Waals surface area contributed by atoms with Gasteiger partial charge in [0.05, 0.1) is 6.61 Å². The SMILES string of the molecule is CCCCCCOc1ccc(NC(=O)N[C@@H](C)CCl)cc1. The smallest absolute Gasteiger partial charge is 0.319 e. The molecule has 0 saturated carbocycles. The number of hydrogen-bond donors (Lipinski definition) is 2. The van der Waals surface area contributed by atoms with Crippen LogP contribution in [0.5, 0.6) is 5.75 Å². The summed E-state index contributed by atoms with van der Waals surface area (Å²) in [4.78, 5) is 11.6. The van der Waals surface area contributed by atoms with Crippen molar-refractivity contribution in [3.63, 3.8) is 0 Å². The van der Waals surface area contributed by atoms with Crippen LogP contribution in [0, 0.1) is 0 Å². The normalized spacial score (nSPS) is 11.8. The highest BCUT2D eigenvalue weighted by Crippen LogP contribution is 2.16. The first-order valence-corrected chi connectivity index (χ1v) is 8.05. The fourth-order valence-electron chi connectivity index (χ4n) is 1.78. The van der Waals surface area contributed by atoms with Crippen molar-refractivity contribution in [1.29, 1.82) is 0 Å². The van der Waals surface area contributed by atoms with Crippen LogP contribution in [0.2, 0.25) is 0 Å². The summed E-state index contributed by atoms with van der Waals surface area (Å²) >= 11 is 5.64. The number of alkyl halides is 1. The lowest BCUT2D eigenvalue weighted by Crippen LogP contribution is -2.37. The van der Waals surface area contributed by atoms with Crippen LogP contribution in [-0.4, -0.2) is 24.6 Å². The van der Waals surface area contributed by atoms with E-state index in [1.807, 2.05) is 31.2 Å². The number of ether oxygens (including phenoxy) is 1. The van der Waals surface area contributed by atoms with E-state index in [1.165, 1.54) is 19.3 Å². The van der Waals surface area contributed by atoms with Gasteiger partial charge in [-0.2, -0.15) is 0 Å². The number of carbonyl (C=O) groups excluding carboxylic acids is 1. The predicted molar refractivity (Wildman–Crippen MR) is 88.4 cm³/mol. The van der Waals surface area contributed by atoms with E-state index in [4.69, 9.17) is 16.3 Å². The zero-order chi connectivity index (χ0) is 15.5. The molecule has 21 heavy (non-hydrogen) atoms. The number of carbonyl (C=O) groups is 1. The second kappa shape index (κ2) is 10.3. The molecule has 0 bridgehead atoms. The largest absolute Gasteiger partial charge is 0.494 e. The molecule has 0 unspecified atom stereocenters. The van der Waals surface area contributed by atoms with Crippen molar-refractivity contribution in [2.75, 3.05) is 17.8 Å². The Morgan fingerprint density at radius 1 is 1.24 bits per heavy atom. The monoisotopic (exact) mass is 312 g/mol. The number of rotatable bonds is 9. The molecule has 0 radical (unpaired) electrons. The van der Waals surface area contributed by atoms with Gasteiger partial charge in [-0.1, -0.05) is 26.2 Å². The van der Waals surface area contributed by atoms with Gasteiger partial charge in [0.2, 0.25) is 0 Å². The Morgan fingerprint density at radius 2 is 1.95 bits per heavy atom. The van der Waals surface area contributed by atoms with Crippen LogP contribution in [0.1, 0.15) is 39.5 Å². The first-order valence-electron chi connectivity index (χ1n) is 7.52. The fourth-order valence-corrected chi connectivity index (χ4v) is 1.86. The molecule has 0 fully saturated rings. The number of hydrogen-bond acceptors (Lipinski definition) is 2. The van der Waals surface area contributed by atoms with Gasteiger partial charge in [0.15, 0.2) is 0 Å². The molecule has 0 aromatic heterocycles. The van der Waals surface area contributed by atoms with Gasteiger partial charge in [-0.05, 0) is 37.6 Å². The van der Waals surface area contributed by atoms with Gasteiger partial charge in [0.25, 0.3) is 0 Å². The molecule has 0 aliphatic carbocycles. The Morgan fingerprint density at radius 3 is 2.57 bits per heavy atom. The third-order valence-electron chi connectivity index (χ3n) is 2.99. The molecular weight excluding hydrogens is 288 g/mol. The maximum Gasteiger partial charge on any atom is 0.319 e. The van der Waals surface area contributed by atoms with Crippen molar-refractivity contribution in [2.24, 2.45) is 0 Å². The van der Waals surface area contributed by atoms with Crippen LogP contribution < -0.4 is 15.4 Å². The molecule has 2 N–H and O–H groups in total. The summed E-state index contributed by atoms with van der Waals surface area (Å²) in [6.07, 6.45) is 4.76. The average molecular weight is 313 g/mol. The quantitative estimate of drug-likeness (QED) is 0.524. The van der Waals surface area contributed by atoms with E-state index < -0.39 is 0 Å². The minimum absolute atomic E-state index is 0.0580. The van der Waals surface area contributed by atoms with Crippen LogP contribution in [0.3, 0.4) is 0 Å². The van der Waals surface area contributed by atoms with Gasteiger partial charge >= 0.3 is 6.03 Å². The van der Waals surface area contributed by atoms with Crippen molar-refractivity contribution in [1.82, 2.24) is 5.32 Å². The summed E-state index contributed by atoms with van der Waals surface area (Å²) in [6.45, 7) is 4.78. The van der Waals surface area contributed by atoms with E-state index in [9.17, 15) is 4.79 Å². The van der Waals surface area contributed by atoms with Crippen molar-refractivity contribution >= 4 is 23.3 Å². The Labute approximate surface area is 132 Å². The highest BCUT2D eigenvalue weighted by molar-refractivity contribution is 6.18. The maximum atomic E-state index is 11.6. The van der Waals surface area contributed by atoms with Crippen LogP contribution in [0.15, 0.2) is 24.3 Å². The third-order valence-corrected chi connectivity index (χ3v) is 3.45. The molecular formula is C16H25ClN2O2. The van der Waals surface area contributed by atoms with E-state index in [0.717, 1.165) is 24.5 Å². The summed E-state index contributed by atoms with van der Waals surface area (Å²) in [6, 6.07) is 7.06. The molecule has 5 heteroatoms. The van der Waals surface area contributed by atoms with E-state index in [1.54, 1.807) is 0 Å². The molecule has 1 aromatic rings. The lowest BCUT2D eigenvalue weighted by molar-refractivity contribution is 0.250. The molecule has 0 heterocycles. The number of benzene rings is 1. The topological polar surface area (TPSA) is 50.4 Å². The molecule has 0 aliphatic heterocycles. The zero-order valence-corrected chi connectivity index (χ0v) is 13.6. The number of unbranched alkanes of at least 4 members (excludes halogenated alkanes) is 3. The number of anilines is 1. The molecule has 1 atom stereocenters. The Kier molecular flexibility index (Phi) is 8.67. The van der Waals surface area contributed by atoms with Gasteiger partial charge in [0, 0.05) is 17.6 Å². The molecule has 2 amide bonds. The number of amides is 2. The second-order valence-corrected chi connectivity index (χ2v) is 5.40. The highest BCUT2D eigenvalue weighted by atomic mass is 35.5. The lowest BCUT2D eigenvalue weighted by Gasteiger charge is -2.12. The first-order chi connectivity index (χ1) is 10.2. The maximum absolute atomic E-state index is 11.6. The minimum atomic E-state index is -0.253. The average Bonchev–Trinajstić information content (AvgIpc) is 2.48. The van der Waals surface area contributed by atoms with Gasteiger partial charge in [0.1, 0.15) is 5.75 Å². The molecule has 0 aliphatic rings. The zero-order valence-electron chi connectivity index (χ0n) is 12.8. The molecule has 1 aromatic carbocycles. The highest BCUT2D eigenvalue weighted by Gasteiger charge is 2.06. The summed E-state index contributed by atoms with van der Waals surface area (Å²) in [7, 11) is 0. The van der Waals surface area contributed by atoms with E-state index >= 15 is 0 Å². The van der Waals surface area contributed by atoms with Gasteiger partial charge in [-0.25, -0.2) is 4.79 Å². The summed E-state index contributed by atoms with van der Waals surface area (Å²) in [5, 5.41) is 5.49. The van der Waals surface area contributed by atoms with E-state index in [-0.39, 0.29) is 12.1 Å². The molecule has 118 valence electrons. The number of nitrogens with one attached hydrogen (secondary N) is 2. The van der Waals surface area contributed by atoms with Crippen LogP contribution in [0.25, 0.3) is 0 Å². The van der Waals surface area contributed by atoms with Crippen molar-refractivity contribution in [3.05, 3.63) is 24.3 Å². The number of halogens is 1. The Balaban J connectivity index is 2.31. The fraction of sp³-hybridized carbons (Fsp3) is 0.562. The molecule has 4 nitrogen and oxygen atoms in total. The van der Waals surface area contributed by atoms with Crippen LogP contribution >= 0.6 is 11.6 Å². The Bertz CT molecular complexity index is 409. The third kappa shape index (κ3) is 7.81. The molecule has 0 saturated heterocycles. The molecule has 1 rings (SSSR count). The summed E-state index contributed by atoms with van der Waals surface area (Å²) < 4.78 is 5.65. The van der Waals surface area contributed by atoms with Gasteiger partial charge in [-0.3, -0.25) is 0 Å². The van der Waals surface area contributed by atoms with Gasteiger partial charge < -0.3 is 15.4 Å². The molecule has 0 spiro atoms. The van der Waals surface area contributed by atoms with Crippen molar-refractivity contribution < 1.29 is 9.53 Å². The summed E-state index contributed by atoms with van der Waals surface area (Å²) in [5.74, 6) is 1.21. The standard InChI is InChI=1S/C16H25ClN2O2/c1-3-4-5-6-11-21-15-9-7-14(8-10-15)19-16(20)18-13(2)12-17/h7-10,13H,3-6,11-12H2,1-2H3,(H2,18,19,20)/t13-/m0/s1. The van der Waals surface area contributed by atoms with E-state index in [0.29, 0.717) is 5.88 Å². The van der Waals surface area contributed by atoms with Crippen molar-refractivity contribution in [2.45, 2.75) is 45.6 Å². The predicted octanol–water partition coefficient (Wildman–Crippen LogP) is 4.39. The van der Waals surface area contributed by atoms with Crippen LogP contribution in [0.4, 0.5) is 10.5 Å². The number of urea groups is 1.